The van der Waals surface area contributed by atoms with Crippen molar-refractivity contribution in [1.29, 1.82) is 0 Å². The molecule has 0 radical (unpaired) electrons. The molecule has 76 valence electrons. The van der Waals surface area contributed by atoms with Crippen LogP contribution in [0.2, 0.25) is 5.02 Å². The molecule has 3 heteroatoms. The molecule has 0 fully saturated rings. The van der Waals surface area contributed by atoms with Crippen LogP contribution in [0, 0.1) is 5.82 Å². The topological polar surface area (TPSA) is 0 Å². The Kier molecular flexibility index (Phi) is 3.08. The average molecular weight is 286 g/mol. The highest BCUT2D eigenvalue weighted by molar-refractivity contribution is 9.10. The number of halogens is 3. The van der Waals surface area contributed by atoms with E-state index in [0.717, 1.165) is 11.1 Å². The number of rotatable bonds is 1. The van der Waals surface area contributed by atoms with Gasteiger partial charge in [0.15, 0.2) is 0 Å². The summed E-state index contributed by atoms with van der Waals surface area (Å²) in [6.07, 6.45) is 0. The summed E-state index contributed by atoms with van der Waals surface area (Å²) >= 11 is 8.98. The maximum Gasteiger partial charge on any atom is 0.137 e. The molecule has 0 saturated carbocycles. The monoisotopic (exact) mass is 284 g/mol. The van der Waals surface area contributed by atoms with E-state index in [1.54, 1.807) is 12.1 Å². The van der Waals surface area contributed by atoms with E-state index < -0.39 is 0 Å². The molecule has 0 aromatic heterocycles. The van der Waals surface area contributed by atoms with Gasteiger partial charge in [-0.1, -0.05) is 29.8 Å². The van der Waals surface area contributed by atoms with Gasteiger partial charge in [0, 0.05) is 5.02 Å². The number of benzene rings is 2. The first kappa shape index (κ1) is 10.7. The first-order valence-electron chi connectivity index (χ1n) is 4.38. The van der Waals surface area contributed by atoms with Crippen molar-refractivity contribution in [3.8, 4) is 11.1 Å². The Morgan fingerprint density at radius 1 is 1.00 bits per heavy atom. The Labute approximate surface area is 101 Å². The Balaban J connectivity index is 2.50. The lowest BCUT2D eigenvalue weighted by atomic mass is 10.1. The molecule has 0 aliphatic heterocycles. The zero-order chi connectivity index (χ0) is 10.8. The van der Waals surface area contributed by atoms with Crippen LogP contribution in [0.4, 0.5) is 4.39 Å². The third-order valence-corrected chi connectivity index (χ3v) is 2.96. The van der Waals surface area contributed by atoms with E-state index in [0.29, 0.717) is 9.50 Å². The molecule has 15 heavy (non-hydrogen) atoms. The quantitative estimate of drug-likeness (QED) is 0.698. The molecule has 0 spiro atoms. The van der Waals surface area contributed by atoms with E-state index in [4.69, 9.17) is 11.6 Å². The lowest BCUT2D eigenvalue weighted by Crippen LogP contribution is -1.81. The van der Waals surface area contributed by atoms with Gasteiger partial charge in [0.25, 0.3) is 0 Å². The lowest BCUT2D eigenvalue weighted by molar-refractivity contribution is 0.621. The number of hydrogen-bond acceptors (Lipinski definition) is 0. The molecular weight excluding hydrogens is 278 g/mol. The van der Waals surface area contributed by atoms with Gasteiger partial charge >= 0.3 is 0 Å². The molecule has 0 bridgehead atoms. The Hall–Kier alpha value is -0.860. The van der Waals surface area contributed by atoms with Gasteiger partial charge in [-0.2, -0.15) is 0 Å². The second kappa shape index (κ2) is 4.33. The van der Waals surface area contributed by atoms with Crippen LogP contribution < -0.4 is 0 Å². The lowest BCUT2D eigenvalue weighted by Gasteiger charge is -2.03. The van der Waals surface area contributed by atoms with Crippen LogP contribution in [0.1, 0.15) is 0 Å². The van der Waals surface area contributed by atoms with Crippen molar-refractivity contribution in [2.45, 2.75) is 0 Å². The summed E-state index contributed by atoms with van der Waals surface area (Å²) in [6.45, 7) is 0. The standard InChI is InChI=1S/C12H7BrClF/c13-11-5-4-9(7-12(11)15)8-2-1-3-10(14)6-8/h1-7H. The van der Waals surface area contributed by atoms with Crippen LogP contribution in [0.25, 0.3) is 11.1 Å². The van der Waals surface area contributed by atoms with Crippen LogP contribution in [-0.2, 0) is 0 Å². The molecule has 0 unspecified atom stereocenters. The highest BCUT2D eigenvalue weighted by atomic mass is 79.9. The first-order valence-corrected chi connectivity index (χ1v) is 5.55. The molecule has 2 rings (SSSR count). The van der Waals surface area contributed by atoms with Gasteiger partial charge in [0.2, 0.25) is 0 Å². The first-order chi connectivity index (χ1) is 7.16. The van der Waals surface area contributed by atoms with Gasteiger partial charge < -0.3 is 0 Å². The van der Waals surface area contributed by atoms with Crippen molar-refractivity contribution in [2.24, 2.45) is 0 Å². The Morgan fingerprint density at radius 2 is 1.73 bits per heavy atom. The van der Waals surface area contributed by atoms with Crippen molar-refractivity contribution < 1.29 is 4.39 Å². The maximum atomic E-state index is 13.3. The zero-order valence-corrected chi connectivity index (χ0v) is 10.0. The Bertz CT molecular complexity index is 497. The molecule has 0 aliphatic rings. The molecule has 2 aromatic rings. The molecule has 0 atom stereocenters. The average Bonchev–Trinajstić information content (AvgIpc) is 2.22. The minimum absolute atomic E-state index is 0.271. The molecule has 0 N–H and O–H groups in total. The van der Waals surface area contributed by atoms with Crippen LogP contribution in [0.15, 0.2) is 46.9 Å². The second-order valence-corrected chi connectivity index (χ2v) is 4.43. The van der Waals surface area contributed by atoms with E-state index in [1.165, 1.54) is 6.07 Å². The minimum atomic E-state index is -0.271. The smallest absolute Gasteiger partial charge is 0.137 e. The summed E-state index contributed by atoms with van der Waals surface area (Å²) in [6, 6.07) is 12.4. The van der Waals surface area contributed by atoms with Gasteiger partial charge in [0.1, 0.15) is 5.82 Å². The zero-order valence-electron chi connectivity index (χ0n) is 7.68. The fourth-order valence-corrected chi connectivity index (χ4v) is 1.78. The SMILES string of the molecule is Fc1cc(-c2cccc(Cl)c2)ccc1Br. The van der Waals surface area contributed by atoms with Crippen LogP contribution in [0.3, 0.4) is 0 Å². The van der Waals surface area contributed by atoms with Crippen LogP contribution in [-0.4, -0.2) is 0 Å². The minimum Gasteiger partial charge on any atom is -0.206 e. The van der Waals surface area contributed by atoms with E-state index >= 15 is 0 Å². The third-order valence-electron chi connectivity index (χ3n) is 2.08. The highest BCUT2D eigenvalue weighted by Gasteiger charge is 2.02. The predicted molar refractivity (Wildman–Crippen MR) is 64.5 cm³/mol. The predicted octanol–water partition coefficient (Wildman–Crippen LogP) is 4.91. The van der Waals surface area contributed by atoms with Gasteiger partial charge in [-0.05, 0) is 51.3 Å². The summed E-state index contributed by atoms with van der Waals surface area (Å²) in [5.74, 6) is -0.271. The van der Waals surface area contributed by atoms with Crippen molar-refractivity contribution in [3.05, 3.63) is 57.8 Å². The summed E-state index contributed by atoms with van der Waals surface area (Å²) in [7, 11) is 0. The van der Waals surface area contributed by atoms with Gasteiger partial charge in [0.05, 0.1) is 4.47 Å². The van der Waals surface area contributed by atoms with Gasteiger partial charge in [-0.25, -0.2) is 4.39 Å². The maximum absolute atomic E-state index is 13.3. The van der Waals surface area contributed by atoms with Crippen molar-refractivity contribution >= 4 is 27.5 Å². The highest BCUT2D eigenvalue weighted by Crippen LogP contribution is 2.26. The van der Waals surface area contributed by atoms with Crippen molar-refractivity contribution in [3.63, 3.8) is 0 Å². The molecule has 0 aliphatic carbocycles. The fourth-order valence-electron chi connectivity index (χ4n) is 1.34. The number of hydrogen-bond donors (Lipinski definition) is 0. The summed E-state index contributed by atoms with van der Waals surface area (Å²) in [5, 5.41) is 0.649. The molecular formula is C12H7BrClF. The molecule has 0 heterocycles. The van der Waals surface area contributed by atoms with E-state index in [2.05, 4.69) is 15.9 Å². The van der Waals surface area contributed by atoms with E-state index in [-0.39, 0.29) is 5.82 Å². The normalized spacial score (nSPS) is 10.3. The largest absolute Gasteiger partial charge is 0.206 e. The molecule has 2 aromatic carbocycles. The summed E-state index contributed by atoms with van der Waals surface area (Å²) in [4.78, 5) is 0. The van der Waals surface area contributed by atoms with Gasteiger partial charge in [-0.15, -0.1) is 0 Å². The Morgan fingerprint density at radius 3 is 2.40 bits per heavy atom. The second-order valence-electron chi connectivity index (χ2n) is 3.14. The van der Waals surface area contributed by atoms with E-state index in [1.807, 2.05) is 24.3 Å². The van der Waals surface area contributed by atoms with E-state index in [9.17, 15) is 4.39 Å². The van der Waals surface area contributed by atoms with Crippen molar-refractivity contribution in [2.75, 3.05) is 0 Å². The fraction of sp³-hybridized carbons (Fsp3) is 0. The molecule has 0 amide bonds. The third kappa shape index (κ3) is 2.39. The van der Waals surface area contributed by atoms with Crippen molar-refractivity contribution in [1.82, 2.24) is 0 Å². The van der Waals surface area contributed by atoms with Crippen LogP contribution in [0.5, 0.6) is 0 Å². The summed E-state index contributed by atoms with van der Waals surface area (Å²) in [5.41, 5.74) is 1.73. The van der Waals surface area contributed by atoms with Crippen LogP contribution >= 0.6 is 27.5 Å². The molecule has 0 nitrogen and oxygen atoms in total. The molecule has 0 saturated heterocycles. The summed E-state index contributed by atoms with van der Waals surface area (Å²) < 4.78 is 13.8. The van der Waals surface area contributed by atoms with Gasteiger partial charge in [-0.3, -0.25) is 0 Å².